The molecule has 0 saturated carbocycles. The van der Waals surface area contributed by atoms with E-state index in [1.54, 1.807) is 32.0 Å². The third-order valence-corrected chi connectivity index (χ3v) is 5.43. The highest BCUT2D eigenvalue weighted by atomic mass is 32.2. The molecule has 1 aromatic carbocycles. The fourth-order valence-corrected chi connectivity index (χ4v) is 2.98. The highest BCUT2D eigenvalue weighted by Crippen LogP contribution is 2.23. The smallest absolute Gasteiger partial charge is 0.180 e. The minimum Gasteiger partial charge on any atom is -0.387 e. The SMILES string of the molecule is CNCCC(N)C(O)c1cccc(S(=O)(=O)C(C)C)c1. The van der Waals surface area contributed by atoms with Gasteiger partial charge in [0.2, 0.25) is 0 Å². The summed E-state index contributed by atoms with van der Waals surface area (Å²) in [6.45, 7) is 3.97. The van der Waals surface area contributed by atoms with Gasteiger partial charge in [-0.1, -0.05) is 12.1 Å². The van der Waals surface area contributed by atoms with Crippen molar-refractivity contribution >= 4 is 9.84 Å². The minimum atomic E-state index is -3.34. The summed E-state index contributed by atoms with van der Waals surface area (Å²) in [5.74, 6) is 0. The fraction of sp³-hybridized carbons (Fsp3) is 0.571. The van der Waals surface area contributed by atoms with Gasteiger partial charge < -0.3 is 16.2 Å². The maximum absolute atomic E-state index is 12.1. The van der Waals surface area contributed by atoms with E-state index in [1.165, 1.54) is 6.07 Å². The summed E-state index contributed by atoms with van der Waals surface area (Å²) in [5.41, 5.74) is 6.45. The van der Waals surface area contributed by atoms with Gasteiger partial charge in [0, 0.05) is 6.04 Å². The molecule has 0 saturated heterocycles. The molecule has 6 heteroatoms. The largest absolute Gasteiger partial charge is 0.387 e. The second-order valence-electron chi connectivity index (χ2n) is 5.17. The summed E-state index contributed by atoms with van der Waals surface area (Å²) >= 11 is 0. The van der Waals surface area contributed by atoms with Crippen LogP contribution in [0.25, 0.3) is 0 Å². The van der Waals surface area contributed by atoms with Gasteiger partial charge in [0.05, 0.1) is 16.2 Å². The zero-order chi connectivity index (χ0) is 15.3. The van der Waals surface area contributed by atoms with Gasteiger partial charge in [0.1, 0.15) is 0 Å². The van der Waals surface area contributed by atoms with E-state index in [-0.39, 0.29) is 4.90 Å². The summed E-state index contributed by atoms with van der Waals surface area (Å²) in [4.78, 5) is 0.227. The topological polar surface area (TPSA) is 92.4 Å². The van der Waals surface area contributed by atoms with E-state index in [9.17, 15) is 13.5 Å². The molecule has 0 bridgehead atoms. The second kappa shape index (κ2) is 7.17. The zero-order valence-electron chi connectivity index (χ0n) is 12.2. The molecule has 0 aliphatic rings. The molecule has 0 heterocycles. The normalized spacial score (nSPS) is 15.3. The highest BCUT2D eigenvalue weighted by Gasteiger charge is 2.22. The molecule has 114 valence electrons. The molecular formula is C14H24N2O3S. The Hall–Kier alpha value is -0.950. The van der Waals surface area contributed by atoms with Crippen LogP contribution < -0.4 is 11.1 Å². The maximum Gasteiger partial charge on any atom is 0.180 e. The predicted octanol–water partition coefficient (Wildman–Crippen LogP) is 0.839. The Balaban J connectivity index is 2.99. The molecule has 0 spiro atoms. The lowest BCUT2D eigenvalue weighted by molar-refractivity contribution is 0.142. The van der Waals surface area contributed by atoms with Crippen molar-refractivity contribution in [1.82, 2.24) is 5.32 Å². The van der Waals surface area contributed by atoms with E-state index >= 15 is 0 Å². The number of nitrogens with two attached hydrogens (primary N) is 1. The van der Waals surface area contributed by atoms with Crippen molar-refractivity contribution < 1.29 is 13.5 Å². The number of nitrogens with one attached hydrogen (secondary N) is 1. The lowest BCUT2D eigenvalue weighted by Gasteiger charge is -2.20. The molecule has 1 aromatic rings. The van der Waals surface area contributed by atoms with Crippen molar-refractivity contribution in [2.45, 2.75) is 42.6 Å². The third kappa shape index (κ3) is 4.02. The van der Waals surface area contributed by atoms with Crippen molar-refractivity contribution in [2.75, 3.05) is 13.6 Å². The number of aliphatic hydroxyl groups excluding tert-OH is 1. The summed E-state index contributed by atoms with van der Waals surface area (Å²) in [6, 6.07) is 5.96. The van der Waals surface area contributed by atoms with Crippen molar-refractivity contribution in [3.8, 4) is 0 Å². The van der Waals surface area contributed by atoms with Gasteiger partial charge in [0.15, 0.2) is 9.84 Å². The Morgan fingerprint density at radius 3 is 2.55 bits per heavy atom. The average molecular weight is 300 g/mol. The van der Waals surface area contributed by atoms with E-state index in [0.29, 0.717) is 18.5 Å². The van der Waals surface area contributed by atoms with Crippen LogP contribution in [0.2, 0.25) is 0 Å². The van der Waals surface area contributed by atoms with E-state index in [2.05, 4.69) is 5.32 Å². The van der Waals surface area contributed by atoms with Gasteiger partial charge in [-0.05, 0) is 51.6 Å². The molecule has 1 rings (SSSR count). The van der Waals surface area contributed by atoms with Crippen molar-refractivity contribution in [1.29, 1.82) is 0 Å². The first-order chi connectivity index (χ1) is 9.30. The fourth-order valence-electron chi connectivity index (χ4n) is 1.86. The second-order valence-corrected chi connectivity index (χ2v) is 7.67. The number of hydrogen-bond donors (Lipinski definition) is 3. The molecule has 20 heavy (non-hydrogen) atoms. The number of benzene rings is 1. The summed E-state index contributed by atoms with van der Waals surface area (Å²) in [6.07, 6.45) is -0.260. The van der Waals surface area contributed by atoms with Crippen LogP contribution in [-0.2, 0) is 9.84 Å². The van der Waals surface area contributed by atoms with E-state index in [1.807, 2.05) is 7.05 Å². The molecule has 4 N–H and O–H groups in total. The minimum absolute atomic E-state index is 0.227. The molecule has 2 atom stereocenters. The number of aliphatic hydroxyl groups is 1. The molecule has 0 aliphatic carbocycles. The first-order valence-electron chi connectivity index (χ1n) is 6.72. The van der Waals surface area contributed by atoms with Gasteiger partial charge in [0.25, 0.3) is 0 Å². The van der Waals surface area contributed by atoms with Gasteiger partial charge in [-0.15, -0.1) is 0 Å². The number of rotatable bonds is 7. The van der Waals surface area contributed by atoms with E-state index in [0.717, 1.165) is 0 Å². The van der Waals surface area contributed by atoms with Gasteiger partial charge in [-0.3, -0.25) is 0 Å². The highest BCUT2D eigenvalue weighted by molar-refractivity contribution is 7.92. The third-order valence-electron chi connectivity index (χ3n) is 3.28. The lowest BCUT2D eigenvalue weighted by Crippen LogP contribution is -2.31. The Morgan fingerprint density at radius 2 is 2.00 bits per heavy atom. The van der Waals surface area contributed by atoms with Crippen LogP contribution in [0.1, 0.15) is 31.9 Å². The molecule has 0 aliphatic heterocycles. The molecule has 0 amide bonds. The predicted molar refractivity (Wildman–Crippen MR) is 80.2 cm³/mol. The lowest BCUT2D eigenvalue weighted by atomic mass is 10.0. The van der Waals surface area contributed by atoms with Crippen molar-refractivity contribution in [3.63, 3.8) is 0 Å². The van der Waals surface area contributed by atoms with E-state index in [4.69, 9.17) is 5.73 Å². The molecule has 0 aromatic heterocycles. The van der Waals surface area contributed by atoms with Gasteiger partial charge in [-0.25, -0.2) is 8.42 Å². The van der Waals surface area contributed by atoms with Gasteiger partial charge >= 0.3 is 0 Å². The summed E-state index contributed by atoms with van der Waals surface area (Å²) in [5, 5.41) is 12.7. The summed E-state index contributed by atoms with van der Waals surface area (Å²) < 4.78 is 24.3. The standard InChI is InChI=1S/C14H24N2O3S/c1-10(2)20(18,19)12-6-4-5-11(9-12)14(17)13(15)7-8-16-3/h4-6,9-10,13-14,16-17H,7-8,15H2,1-3H3. The van der Waals surface area contributed by atoms with E-state index < -0.39 is 27.2 Å². The zero-order valence-corrected chi connectivity index (χ0v) is 13.0. The first-order valence-corrected chi connectivity index (χ1v) is 8.27. The van der Waals surface area contributed by atoms with Crippen LogP contribution in [-0.4, -0.2) is 38.4 Å². The van der Waals surface area contributed by atoms with Gasteiger partial charge in [-0.2, -0.15) is 0 Å². The Kier molecular flexibility index (Phi) is 6.13. The first kappa shape index (κ1) is 17.1. The molecule has 5 nitrogen and oxygen atoms in total. The average Bonchev–Trinajstić information content (AvgIpc) is 2.43. The number of hydrogen-bond acceptors (Lipinski definition) is 5. The van der Waals surface area contributed by atoms with Crippen LogP contribution >= 0.6 is 0 Å². The Morgan fingerprint density at radius 1 is 1.35 bits per heavy atom. The van der Waals surface area contributed by atoms with Crippen molar-refractivity contribution in [2.24, 2.45) is 5.73 Å². The monoisotopic (exact) mass is 300 g/mol. The van der Waals surface area contributed by atoms with Crippen LogP contribution in [0, 0.1) is 0 Å². The molecular weight excluding hydrogens is 276 g/mol. The van der Waals surface area contributed by atoms with Crippen LogP contribution in [0.5, 0.6) is 0 Å². The Bertz CT molecular complexity index is 529. The van der Waals surface area contributed by atoms with Crippen LogP contribution in [0.4, 0.5) is 0 Å². The van der Waals surface area contributed by atoms with Crippen molar-refractivity contribution in [3.05, 3.63) is 29.8 Å². The molecule has 0 fully saturated rings. The summed E-state index contributed by atoms with van der Waals surface area (Å²) in [7, 11) is -1.53. The number of sulfone groups is 1. The Labute approximate surface area is 121 Å². The maximum atomic E-state index is 12.1. The molecule has 2 unspecified atom stereocenters. The van der Waals surface area contributed by atoms with Crippen LogP contribution in [0.15, 0.2) is 29.2 Å². The quantitative estimate of drug-likeness (QED) is 0.694. The van der Waals surface area contributed by atoms with Crippen LogP contribution in [0.3, 0.4) is 0 Å². The molecule has 0 radical (unpaired) electrons.